The Morgan fingerprint density at radius 2 is 2.33 bits per heavy atom. The van der Waals surface area contributed by atoms with E-state index in [1.165, 1.54) is 18.5 Å². The maximum atomic E-state index is 4.02. The van der Waals surface area contributed by atoms with Crippen molar-refractivity contribution < 1.29 is 0 Å². The summed E-state index contributed by atoms with van der Waals surface area (Å²) in [5, 5.41) is 6.74. The lowest BCUT2D eigenvalue weighted by molar-refractivity contribution is 0.336. The summed E-state index contributed by atoms with van der Waals surface area (Å²) in [6.07, 6.45) is 3.63. The summed E-state index contributed by atoms with van der Waals surface area (Å²) >= 11 is 0. The maximum Gasteiger partial charge on any atom is 0.0172 e. The summed E-state index contributed by atoms with van der Waals surface area (Å²) in [6, 6.07) is 0. The first kappa shape index (κ1) is 12.2. The van der Waals surface area contributed by atoms with Gasteiger partial charge >= 0.3 is 0 Å². The number of nitrogens with one attached hydrogen (secondary N) is 2. The normalized spacial score (nSPS) is 27.5. The molecule has 86 valence electrons. The van der Waals surface area contributed by atoms with Crippen LogP contribution in [-0.2, 0) is 0 Å². The van der Waals surface area contributed by atoms with Crippen LogP contribution in [0, 0.1) is 11.8 Å². The minimum atomic E-state index is 0.738. The first-order valence-electron chi connectivity index (χ1n) is 5.89. The molecule has 0 saturated carbocycles. The van der Waals surface area contributed by atoms with E-state index < -0.39 is 0 Å². The van der Waals surface area contributed by atoms with Gasteiger partial charge in [0, 0.05) is 24.5 Å². The van der Waals surface area contributed by atoms with Gasteiger partial charge < -0.3 is 10.6 Å². The third-order valence-corrected chi connectivity index (χ3v) is 2.95. The number of hydrogen-bond acceptors (Lipinski definition) is 2. The topological polar surface area (TPSA) is 24.1 Å². The van der Waals surface area contributed by atoms with Crippen molar-refractivity contribution in [3.05, 3.63) is 24.6 Å². The molecular formula is C13H24N2. The van der Waals surface area contributed by atoms with Crippen LogP contribution >= 0.6 is 0 Å². The molecule has 1 rings (SSSR count). The summed E-state index contributed by atoms with van der Waals surface area (Å²) in [5.41, 5.74) is 2.27. The second-order valence-corrected chi connectivity index (χ2v) is 4.89. The molecule has 1 aliphatic heterocycles. The van der Waals surface area contributed by atoms with Gasteiger partial charge in [-0.2, -0.15) is 0 Å². The Morgan fingerprint density at radius 3 is 3.00 bits per heavy atom. The largest absolute Gasteiger partial charge is 0.389 e. The molecular weight excluding hydrogens is 184 g/mol. The highest BCUT2D eigenvalue weighted by Crippen LogP contribution is 2.22. The highest BCUT2D eigenvalue weighted by Gasteiger charge is 2.16. The summed E-state index contributed by atoms with van der Waals surface area (Å²) in [4.78, 5) is 0. The van der Waals surface area contributed by atoms with Gasteiger partial charge in [0.15, 0.2) is 0 Å². The van der Waals surface area contributed by atoms with Crippen LogP contribution in [0.5, 0.6) is 0 Å². The molecule has 2 N–H and O–H groups in total. The van der Waals surface area contributed by atoms with Gasteiger partial charge in [-0.1, -0.05) is 20.1 Å². The minimum absolute atomic E-state index is 0.738. The molecule has 2 atom stereocenters. The molecule has 0 aromatic heterocycles. The van der Waals surface area contributed by atoms with Crippen molar-refractivity contribution in [1.82, 2.24) is 10.6 Å². The predicted octanol–water partition coefficient (Wildman–Crippen LogP) is 2.65. The molecule has 1 heterocycles. The van der Waals surface area contributed by atoms with Crippen molar-refractivity contribution in [2.45, 2.75) is 33.1 Å². The van der Waals surface area contributed by atoms with Gasteiger partial charge in [0.25, 0.3) is 0 Å². The lowest BCUT2D eigenvalue weighted by Crippen LogP contribution is -2.29. The third-order valence-electron chi connectivity index (χ3n) is 2.95. The molecule has 1 fully saturated rings. The van der Waals surface area contributed by atoms with Gasteiger partial charge in [0.2, 0.25) is 0 Å². The SMILES string of the molecule is C=C(C)NCC1CCNC(=C)CC(C)C1. The molecule has 1 aliphatic rings. The fraction of sp³-hybridized carbons (Fsp3) is 0.692. The third kappa shape index (κ3) is 4.91. The van der Waals surface area contributed by atoms with Crippen LogP contribution in [0.3, 0.4) is 0 Å². The number of allylic oxidation sites excluding steroid dienone is 2. The molecule has 2 nitrogen and oxygen atoms in total. The fourth-order valence-corrected chi connectivity index (χ4v) is 2.22. The van der Waals surface area contributed by atoms with Gasteiger partial charge in [-0.3, -0.25) is 0 Å². The van der Waals surface area contributed by atoms with Crippen LogP contribution in [0.1, 0.15) is 33.1 Å². The van der Waals surface area contributed by atoms with Crippen molar-refractivity contribution in [1.29, 1.82) is 0 Å². The van der Waals surface area contributed by atoms with Crippen LogP contribution in [0.4, 0.5) is 0 Å². The van der Waals surface area contributed by atoms with E-state index in [-0.39, 0.29) is 0 Å². The zero-order valence-corrected chi connectivity index (χ0v) is 10.1. The molecule has 0 aromatic rings. The predicted molar refractivity (Wildman–Crippen MR) is 66.5 cm³/mol. The fourth-order valence-electron chi connectivity index (χ4n) is 2.22. The van der Waals surface area contributed by atoms with E-state index in [1.807, 2.05) is 6.92 Å². The molecule has 0 radical (unpaired) electrons. The van der Waals surface area contributed by atoms with E-state index in [2.05, 4.69) is 30.7 Å². The van der Waals surface area contributed by atoms with Crippen molar-refractivity contribution in [3.63, 3.8) is 0 Å². The van der Waals surface area contributed by atoms with Crippen molar-refractivity contribution >= 4 is 0 Å². The van der Waals surface area contributed by atoms with Crippen molar-refractivity contribution in [3.8, 4) is 0 Å². The van der Waals surface area contributed by atoms with Gasteiger partial charge in [0.1, 0.15) is 0 Å². The average molecular weight is 208 g/mol. The molecule has 0 spiro atoms. The van der Waals surface area contributed by atoms with Crippen molar-refractivity contribution in [2.75, 3.05) is 13.1 Å². The molecule has 15 heavy (non-hydrogen) atoms. The lowest BCUT2D eigenvalue weighted by Gasteiger charge is -2.26. The smallest absolute Gasteiger partial charge is 0.0172 e. The lowest BCUT2D eigenvalue weighted by atomic mass is 9.88. The second kappa shape index (κ2) is 5.84. The zero-order chi connectivity index (χ0) is 11.3. The van der Waals surface area contributed by atoms with Gasteiger partial charge in [-0.15, -0.1) is 0 Å². The quantitative estimate of drug-likeness (QED) is 0.745. The molecule has 0 amide bonds. The Hall–Kier alpha value is -0.920. The summed E-state index contributed by atoms with van der Waals surface area (Å²) in [7, 11) is 0. The van der Waals surface area contributed by atoms with Gasteiger partial charge in [-0.05, 0) is 38.0 Å². The monoisotopic (exact) mass is 208 g/mol. The Bertz CT molecular complexity index is 233. The molecule has 2 unspecified atom stereocenters. The second-order valence-electron chi connectivity index (χ2n) is 4.89. The Balaban J connectivity index is 2.37. The van der Waals surface area contributed by atoms with E-state index >= 15 is 0 Å². The van der Waals surface area contributed by atoms with Crippen LogP contribution < -0.4 is 10.6 Å². The van der Waals surface area contributed by atoms with Crippen LogP contribution in [0.2, 0.25) is 0 Å². The Kier molecular flexibility index (Phi) is 4.73. The first-order chi connectivity index (χ1) is 7.08. The minimum Gasteiger partial charge on any atom is -0.389 e. The molecule has 0 bridgehead atoms. The Labute approximate surface area is 93.8 Å². The maximum absolute atomic E-state index is 4.02. The highest BCUT2D eigenvalue weighted by molar-refractivity contribution is 4.95. The van der Waals surface area contributed by atoms with E-state index in [1.54, 1.807) is 0 Å². The highest BCUT2D eigenvalue weighted by atomic mass is 14.9. The molecule has 0 aliphatic carbocycles. The van der Waals surface area contributed by atoms with Crippen LogP contribution in [0.25, 0.3) is 0 Å². The number of hydrogen-bond donors (Lipinski definition) is 2. The van der Waals surface area contributed by atoms with E-state index in [0.717, 1.165) is 37.0 Å². The first-order valence-corrected chi connectivity index (χ1v) is 5.89. The average Bonchev–Trinajstić information content (AvgIpc) is 2.10. The van der Waals surface area contributed by atoms with Gasteiger partial charge in [0.05, 0.1) is 0 Å². The van der Waals surface area contributed by atoms with Gasteiger partial charge in [-0.25, -0.2) is 0 Å². The number of rotatable bonds is 3. The molecule has 1 saturated heterocycles. The summed E-state index contributed by atoms with van der Waals surface area (Å²) in [5.74, 6) is 1.50. The van der Waals surface area contributed by atoms with E-state index in [0.29, 0.717) is 0 Å². The van der Waals surface area contributed by atoms with E-state index in [9.17, 15) is 0 Å². The molecule has 2 heteroatoms. The zero-order valence-electron chi connectivity index (χ0n) is 10.1. The van der Waals surface area contributed by atoms with Crippen molar-refractivity contribution in [2.24, 2.45) is 11.8 Å². The van der Waals surface area contributed by atoms with Crippen LogP contribution in [0.15, 0.2) is 24.6 Å². The van der Waals surface area contributed by atoms with Crippen LogP contribution in [-0.4, -0.2) is 13.1 Å². The van der Waals surface area contributed by atoms with E-state index in [4.69, 9.17) is 0 Å². The Morgan fingerprint density at radius 1 is 1.60 bits per heavy atom. The summed E-state index contributed by atoms with van der Waals surface area (Å²) in [6.45, 7) is 14.4. The summed E-state index contributed by atoms with van der Waals surface area (Å²) < 4.78 is 0. The molecule has 0 aromatic carbocycles. The standard InChI is InChI=1S/C13H24N2/c1-10(2)15-9-13-5-6-14-12(4)7-11(3)8-13/h11,13-15H,1,4-9H2,2-3H3.